The largest absolute Gasteiger partial charge is 0.490 e. The third-order valence-electron chi connectivity index (χ3n) is 4.45. The first-order valence-corrected chi connectivity index (χ1v) is 9.20. The summed E-state index contributed by atoms with van der Waals surface area (Å²) in [6.07, 6.45) is 0. The lowest BCUT2D eigenvalue weighted by atomic mass is 10.1. The molecule has 1 saturated heterocycles. The Morgan fingerprint density at radius 2 is 1.93 bits per heavy atom. The summed E-state index contributed by atoms with van der Waals surface area (Å²) in [4.78, 5) is 37.2. The fraction of sp³-hybridized carbons (Fsp3) is 0.300. The highest BCUT2D eigenvalue weighted by molar-refractivity contribution is 6.04. The molecule has 0 bridgehead atoms. The van der Waals surface area contributed by atoms with Crippen LogP contribution < -0.4 is 14.8 Å². The number of para-hydroxylation sites is 1. The average Bonchev–Trinajstić information content (AvgIpc) is 2.77. The molecule has 0 spiro atoms. The molecule has 2 aromatic rings. The summed E-state index contributed by atoms with van der Waals surface area (Å²) in [5.41, 5.74) is 0.554. The maximum absolute atomic E-state index is 12.8. The minimum atomic E-state index is -0.572. The Balaban J connectivity index is 1.64. The van der Waals surface area contributed by atoms with Gasteiger partial charge < -0.3 is 24.4 Å². The highest BCUT2D eigenvalue weighted by Crippen LogP contribution is 2.30. The van der Waals surface area contributed by atoms with Crippen LogP contribution in [0.4, 0.5) is 11.4 Å². The van der Waals surface area contributed by atoms with Crippen LogP contribution in [0.5, 0.6) is 11.5 Å². The van der Waals surface area contributed by atoms with Crippen LogP contribution in [0.25, 0.3) is 0 Å². The van der Waals surface area contributed by atoms with Crippen molar-refractivity contribution in [2.75, 3.05) is 45.3 Å². The van der Waals surface area contributed by atoms with Crippen molar-refractivity contribution in [2.24, 2.45) is 0 Å². The number of morpholine rings is 1. The fourth-order valence-electron chi connectivity index (χ4n) is 2.95. The van der Waals surface area contributed by atoms with Crippen molar-refractivity contribution in [1.29, 1.82) is 0 Å². The van der Waals surface area contributed by atoms with Crippen LogP contribution in [0.2, 0.25) is 0 Å². The second-order valence-corrected chi connectivity index (χ2v) is 6.38. The van der Waals surface area contributed by atoms with Gasteiger partial charge in [-0.1, -0.05) is 12.1 Å². The molecular formula is C20H21N3O7. The lowest BCUT2D eigenvalue weighted by Gasteiger charge is -2.27. The Bertz CT molecular complexity index is 942. The number of benzene rings is 2. The van der Waals surface area contributed by atoms with E-state index in [1.54, 1.807) is 29.2 Å². The van der Waals surface area contributed by atoms with Gasteiger partial charge in [-0.2, -0.15) is 0 Å². The maximum atomic E-state index is 12.8. The number of nitro groups is 1. The molecule has 10 nitrogen and oxygen atoms in total. The molecule has 1 fully saturated rings. The summed E-state index contributed by atoms with van der Waals surface area (Å²) in [5, 5.41) is 13.6. The van der Waals surface area contributed by atoms with E-state index in [0.29, 0.717) is 37.6 Å². The van der Waals surface area contributed by atoms with E-state index in [9.17, 15) is 19.7 Å². The lowest BCUT2D eigenvalue weighted by Crippen LogP contribution is -2.41. The van der Waals surface area contributed by atoms with Gasteiger partial charge in [0.15, 0.2) is 6.61 Å². The van der Waals surface area contributed by atoms with Crippen molar-refractivity contribution in [3.63, 3.8) is 0 Å². The van der Waals surface area contributed by atoms with E-state index in [0.717, 1.165) is 0 Å². The number of rotatable bonds is 7. The zero-order valence-corrected chi connectivity index (χ0v) is 16.3. The smallest absolute Gasteiger partial charge is 0.311 e. The molecule has 0 unspecified atom stereocenters. The molecule has 158 valence electrons. The highest BCUT2D eigenvalue weighted by Gasteiger charge is 2.22. The summed E-state index contributed by atoms with van der Waals surface area (Å²) in [6, 6.07) is 10.7. The van der Waals surface area contributed by atoms with Crippen LogP contribution in [0, 0.1) is 10.1 Å². The van der Waals surface area contributed by atoms with Gasteiger partial charge in [0.25, 0.3) is 11.8 Å². The molecule has 3 rings (SSSR count). The highest BCUT2D eigenvalue weighted by atomic mass is 16.6. The van der Waals surface area contributed by atoms with Crippen molar-refractivity contribution >= 4 is 23.2 Å². The van der Waals surface area contributed by atoms with Crippen LogP contribution in [0.1, 0.15) is 10.4 Å². The number of nitro benzene ring substituents is 1. The molecule has 2 aromatic carbocycles. The van der Waals surface area contributed by atoms with Crippen LogP contribution in [-0.4, -0.2) is 61.7 Å². The second-order valence-electron chi connectivity index (χ2n) is 6.38. The number of anilines is 1. The number of nitrogens with one attached hydrogen (secondary N) is 1. The van der Waals surface area contributed by atoms with Crippen molar-refractivity contribution in [1.82, 2.24) is 4.90 Å². The molecule has 1 N–H and O–H groups in total. The Morgan fingerprint density at radius 1 is 1.20 bits per heavy atom. The van der Waals surface area contributed by atoms with Gasteiger partial charge in [0.2, 0.25) is 5.75 Å². The van der Waals surface area contributed by atoms with Crippen LogP contribution in [0.15, 0.2) is 42.5 Å². The van der Waals surface area contributed by atoms with Gasteiger partial charge in [-0.25, -0.2) is 0 Å². The van der Waals surface area contributed by atoms with Crippen LogP contribution in [0.3, 0.4) is 0 Å². The molecular weight excluding hydrogens is 394 g/mol. The van der Waals surface area contributed by atoms with Gasteiger partial charge in [-0.05, 0) is 18.2 Å². The molecule has 10 heteroatoms. The van der Waals surface area contributed by atoms with Crippen molar-refractivity contribution in [2.45, 2.75) is 0 Å². The third-order valence-corrected chi connectivity index (χ3v) is 4.45. The molecule has 0 aromatic heterocycles. The Kier molecular flexibility index (Phi) is 6.81. The fourth-order valence-corrected chi connectivity index (χ4v) is 2.95. The van der Waals surface area contributed by atoms with Gasteiger partial charge in [0, 0.05) is 25.2 Å². The van der Waals surface area contributed by atoms with Gasteiger partial charge in [-0.3, -0.25) is 19.7 Å². The minimum absolute atomic E-state index is 0.0272. The SMILES string of the molecule is COc1cc(OCC(=O)Nc2ccccc2C(=O)N2CCOCC2)ccc1[N+](=O)[O-]. The normalized spacial score (nSPS) is 13.4. The van der Waals surface area contributed by atoms with Crippen LogP contribution in [-0.2, 0) is 9.53 Å². The molecule has 1 aliphatic rings. The Hall–Kier alpha value is -3.66. The number of hydrogen-bond donors (Lipinski definition) is 1. The van der Waals surface area contributed by atoms with Gasteiger partial charge >= 0.3 is 5.69 Å². The first-order chi connectivity index (χ1) is 14.5. The van der Waals surface area contributed by atoms with Crippen LogP contribution >= 0.6 is 0 Å². The molecule has 1 aliphatic heterocycles. The van der Waals surface area contributed by atoms with E-state index in [4.69, 9.17) is 14.2 Å². The monoisotopic (exact) mass is 415 g/mol. The number of carbonyl (C=O) groups excluding carboxylic acids is 2. The van der Waals surface area contributed by atoms with E-state index in [1.807, 2.05) is 0 Å². The quantitative estimate of drug-likeness (QED) is 0.543. The molecule has 0 radical (unpaired) electrons. The number of amides is 2. The van der Waals surface area contributed by atoms with Gasteiger partial charge in [0.1, 0.15) is 5.75 Å². The summed E-state index contributed by atoms with van der Waals surface area (Å²) in [7, 11) is 1.31. The Labute approximate surface area is 172 Å². The van der Waals surface area contributed by atoms with Crippen molar-refractivity contribution < 1.29 is 28.7 Å². The van der Waals surface area contributed by atoms with E-state index >= 15 is 0 Å². The molecule has 2 amide bonds. The molecule has 0 aliphatic carbocycles. The van der Waals surface area contributed by atoms with Crippen molar-refractivity contribution in [3.05, 3.63) is 58.1 Å². The minimum Gasteiger partial charge on any atom is -0.490 e. The third kappa shape index (κ3) is 5.03. The number of methoxy groups -OCH3 is 1. The first-order valence-electron chi connectivity index (χ1n) is 9.20. The summed E-state index contributed by atoms with van der Waals surface area (Å²) in [6.45, 7) is 1.60. The second kappa shape index (κ2) is 9.70. The molecule has 0 atom stereocenters. The topological polar surface area (TPSA) is 120 Å². The van der Waals surface area contributed by atoms with E-state index in [2.05, 4.69) is 5.32 Å². The lowest BCUT2D eigenvalue weighted by molar-refractivity contribution is -0.385. The summed E-state index contributed by atoms with van der Waals surface area (Å²) >= 11 is 0. The summed E-state index contributed by atoms with van der Waals surface area (Å²) < 4.78 is 15.6. The maximum Gasteiger partial charge on any atom is 0.311 e. The predicted octanol–water partition coefficient (Wildman–Crippen LogP) is 2.09. The van der Waals surface area contributed by atoms with Gasteiger partial charge in [-0.15, -0.1) is 0 Å². The van der Waals surface area contributed by atoms with Crippen molar-refractivity contribution in [3.8, 4) is 11.5 Å². The molecule has 0 saturated carbocycles. The standard InChI is InChI=1S/C20H21N3O7/c1-28-18-12-14(6-7-17(18)23(26)27)30-13-19(24)21-16-5-3-2-4-15(16)20(25)22-8-10-29-11-9-22/h2-7,12H,8-11,13H2,1H3,(H,21,24). The molecule has 30 heavy (non-hydrogen) atoms. The predicted molar refractivity (Wildman–Crippen MR) is 107 cm³/mol. The zero-order chi connectivity index (χ0) is 21.5. The van der Waals surface area contributed by atoms with E-state index in [1.165, 1.54) is 25.3 Å². The Morgan fingerprint density at radius 3 is 2.63 bits per heavy atom. The molecule has 1 heterocycles. The van der Waals surface area contributed by atoms with E-state index in [-0.39, 0.29) is 29.7 Å². The summed E-state index contributed by atoms with van der Waals surface area (Å²) in [5.74, 6) is -0.394. The zero-order valence-electron chi connectivity index (χ0n) is 16.3. The average molecular weight is 415 g/mol. The number of ether oxygens (including phenoxy) is 3. The van der Waals surface area contributed by atoms with E-state index < -0.39 is 10.8 Å². The van der Waals surface area contributed by atoms with Gasteiger partial charge in [0.05, 0.1) is 36.5 Å². The number of hydrogen-bond acceptors (Lipinski definition) is 7. The first kappa shape index (κ1) is 21.1. The number of carbonyl (C=O) groups is 2. The number of nitrogens with zero attached hydrogens (tertiary/aromatic N) is 2.